The summed E-state index contributed by atoms with van der Waals surface area (Å²) in [5.74, 6) is -2.02. The highest BCUT2D eigenvalue weighted by Gasteiger charge is 2.45. The van der Waals surface area contributed by atoms with E-state index in [2.05, 4.69) is 16.0 Å². The SMILES string of the molecule is CNC(=O)CCCOC1CCC(Nc2cccc3c2C(=O)N(C2CCC(=O)NC2=O)C3=O)CC1. The van der Waals surface area contributed by atoms with E-state index in [9.17, 15) is 24.0 Å². The van der Waals surface area contributed by atoms with Gasteiger partial charge in [0.25, 0.3) is 11.8 Å². The van der Waals surface area contributed by atoms with Crippen LogP contribution in [0.2, 0.25) is 0 Å². The number of nitrogens with one attached hydrogen (secondary N) is 3. The molecule has 1 aliphatic carbocycles. The lowest BCUT2D eigenvalue weighted by atomic mass is 9.92. The van der Waals surface area contributed by atoms with Crippen LogP contribution in [0.3, 0.4) is 0 Å². The minimum Gasteiger partial charge on any atom is -0.382 e. The first-order valence-electron chi connectivity index (χ1n) is 11.8. The molecule has 1 aromatic rings. The van der Waals surface area contributed by atoms with Gasteiger partial charge in [-0.05, 0) is 50.7 Å². The third-order valence-corrected chi connectivity index (χ3v) is 6.68. The second-order valence-corrected chi connectivity index (χ2v) is 8.94. The molecule has 4 rings (SSSR count). The Labute approximate surface area is 197 Å². The van der Waals surface area contributed by atoms with E-state index in [1.54, 1.807) is 25.2 Å². The minimum absolute atomic E-state index is 0.0103. The van der Waals surface area contributed by atoms with Gasteiger partial charge in [-0.15, -0.1) is 0 Å². The number of piperidine rings is 1. The molecule has 1 aromatic carbocycles. The summed E-state index contributed by atoms with van der Waals surface area (Å²) in [6.45, 7) is 0.551. The molecule has 1 atom stereocenters. The van der Waals surface area contributed by atoms with Crippen LogP contribution in [0.25, 0.3) is 0 Å². The Morgan fingerprint density at radius 2 is 1.85 bits per heavy atom. The number of imide groups is 2. The fourth-order valence-corrected chi connectivity index (χ4v) is 4.84. The Morgan fingerprint density at radius 3 is 2.56 bits per heavy atom. The van der Waals surface area contributed by atoms with E-state index >= 15 is 0 Å². The van der Waals surface area contributed by atoms with Gasteiger partial charge < -0.3 is 15.4 Å². The molecule has 0 spiro atoms. The van der Waals surface area contributed by atoms with Crippen molar-refractivity contribution < 1.29 is 28.7 Å². The summed E-state index contributed by atoms with van der Waals surface area (Å²) < 4.78 is 5.91. The Morgan fingerprint density at radius 1 is 1.09 bits per heavy atom. The van der Waals surface area contributed by atoms with Gasteiger partial charge in [0.15, 0.2) is 0 Å². The van der Waals surface area contributed by atoms with Gasteiger partial charge >= 0.3 is 0 Å². The van der Waals surface area contributed by atoms with Crippen LogP contribution >= 0.6 is 0 Å². The number of amides is 5. The lowest BCUT2D eigenvalue weighted by Crippen LogP contribution is -2.54. The maximum atomic E-state index is 13.2. The molecule has 5 amide bonds. The zero-order valence-electron chi connectivity index (χ0n) is 19.2. The first kappa shape index (κ1) is 23.9. The number of anilines is 1. The van der Waals surface area contributed by atoms with Crippen LogP contribution < -0.4 is 16.0 Å². The van der Waals surface area contributed by atoms with Gasteiger partial charge in [0, 0.05) is 38.2 Å². The highest BCUT2D eigenvalue weighted by Crippen LogP contribution is 2.34. The van der Waals surface area contributed by atoms with E-state index in [1.807, 2.05) is 0 Å². The number of nitrogens with zero attached hydrogens (tertiary/aromatic N) is 1. The van der Waals surface area contributed by atoms with Crippen LogP contribution in [0.1, 0.15) is 72.1 Å². The van der Waals surface area contributed by atoms with Gasteiger partial charge in [0.1, 0.15) is 6.04 Å². The maximum Gasteiger partial charge on any atom is 0.264 e. The number of ether oxygens (including phenoxy) is 1. The number of carbonyl (C=O) groups is 5. The largest absolute Gasteiger partial charge is 0.382 e. The quantitative estimate of drug-likeness (QED) is 0.386. The van der Waals surface area contributed by atoms with Crippen molar-refractivity contribution in [1.82, 2.24) is 15.5 Å². The molecule has 2 heterocycles. The lowest BCUT2D eigenvalue weighted by molar-refractivity contribution is -0.136. The van der Waals surface area contributed by atoms with Crippen molar-refractivity contribution in [2.24, 2.45) is 0 Å². The van der Waals surface area contributed by atoms with Gasteiger partial charge in [0.2, 0.25) is 17.7 Å². The number of fused-ring (bicyclic) bond motifs is 1. The fraction of sp³-hybridized carbons (Fsp3) is 0.542. The minimum atomic E-state index is -0.978. The average molecular weight is 471 g/mol. The van der Waals surface area contributed by atoms with E-state index in [-0.39, 0.29) is 42.0 Å². The number of hydrogen-bond acceptors (Lipinski definition) is 7. The molecule has 1 saturated carbocycles. The Kier molecular flexibility index (Phi) is 7.26. The third-order valence-electron chi connectivity index (χ3n) is 6.68. The highest BCUT2D eigenvalue weighted by atomic mass is 16.5. The first-order chi connectivity index (χ1) is 16.4. The molecule has 0 radical (unpaired) electrons. The zero-order chi connectivity index (χ0) is 24.2. The summed E-state index contributed by atoms with van der Waals surface area (Å²) in [7, 11) is 1.62. The number of benzene rings is 1. The zero-order valence-corrected chi connectivity index (χ0v) is 19.2. The number of hydrogen-bond donors (Lipinski definition) is 3. The molecule has 34 heavy (non-hydrogen) atoms. The van der Waals surface area contributed by atoms with Gasteiger partial charge in [-0.1, -0.05) is 6.07 Å². The molecule has 0 aromatic heterocycles. The van der Waals surface area contributed by atoms with Crippen molar-refractivity contribution in [3.05, 3.63) is 29.3 Å². The average Bonchev–Trinajstić information content (AvgIpc) is 3.08. The van der Waals surface area contributed by atoms with Crippen molar-refractivity contribution >= 4 is 35.2 Å². The fourth-order valence-electron chi connectivity index (χ4n) is 4.84. The summed E-state index contributed by atoms with van der Waals surface area (Å²) in [4.78, 5) is 62.2. The van der Waals surface area contributed by atoms with Gasteiger partial charge in [-0.25, -0.2) is 0 Å². The molecule has 2 aliphatic heterocycles. The van der Waals surface area contributed by atoms with Gasteiger partial charge in [0.05, 0.1) is 17.2 Å². The summed E-state index contributed by atoms with van der Waals surface area (Å²) in [6.07, 6.45) is 4.94. The predicted molar refractivity (Wildman–Crippen MR) is 122 cm³/mol. The smallest absolute Gasteiger partial charge is 0.264 e. The Bertz CT molecular complexity index is 1000. The van der Waals surface area contributed by atoms with Gasteiger partial charge in [-0.2, -0.15) is 0 Å². The van der Waals surface area contributed by atoms with Crippen LogP contribution in [0.4, 0.5) is 5.69 Å². The van der Waals surface area contributed by atoms with E-state index < -0.39 is 29.7 Å². The second kappa shape index (κ2) is 10.3. The highest BCUT2D eigenvalue weighted by molar-refractivity contribution is 6.25. The predicted octanol–water partition coefficient (Wildman–Crippen LogP) is 1.35. The third kappa shape index (κ3) is 4.96. The molecule has 1 saturated heterocycles. The van der Waals surface area contributed by atoms with Crippen molar-refractivity contribution in [3.63, 3.8) is 0 Å². The first-order valence-corrected chi connectivity index (χ1v) is 11.8. The maximum absolute atomic E-state index is 13.2. The van der Waals surface area contributed by atoms with Crippen molar-refractivity contribution in [2.45, 2.75) is 69.6 Å². The van der Waals surface area contributed by atoms with E-state index in [4.69, 9.17) is 4.74 Å². The number of carbonyl (C=O) groups excluding carboxylic acids is 5. The van der Waals surface area contributed by atoms with Crippen LogP contribution in [-0.2, 0) is 19.1 Å². The number of rotatable bonds is 8. The van der Waals surface area contributed by atoms with E-state index in [1.165, 1.54) is 0 Å². The molecule has 1 unspecified atom stereocenters. The summed E-state index contributed by atoms with van der Waals surface area (Å²) >= 11 is 0. The van der Waals surface area contributed by atoms with E-state index in [0.717, 1.165) is 30.6 Å². The molecule has 10 heteroatoms. The van der Waals surface area contributed by atoms with Gasteiger partial charge in [-0.3, -0.25) is 34.2 Å². The molecule has 3 N–H and O–H groups in total. The summed E-state index contributed by atoms with van der Waals surface area (Å²) in [5, 5.41) is 8.23. The van der Waals surface area contributed by atoms with E-state index in [0.29, 0.717) is 25.1 Å². The molecular weight excluding hydrogens is 440 g/mol. The van der Waals surface area contributed by atoms with Crippen LogP contribution in [0.15, 0.2) is 18.2 Å². The van der Waals surface area contributed by atoms with Crippen LogP contribution in [0, 0.1) is 0 Å². The monoisotopic (exact) mass is 470 g/mol. The Balaban J connectivity index is 1.35. The van der Waals surface area contributed by atoms with Crippen molar-refractivity contribution in [1.29, 1.82) is 0 Å². The second-order valence-electron chi connectivity index (χ2n) is 8.94. The van der Waals surface area contributed by atoms with Crippen molar-refractivity contribution in [3.8, 4) is 0 Å². The lowest BCUT2D eigenvalue weighted by Gasteiger charge is -2.30. The van der Waals surface area contributed by atoms with Crippen LogP contribution in [-0.4, -0.2) is 66.3 Å². The summed E-state index contributed by atoms with van der Waals surface area (Å²) in [5.41, 5.74) is 1.14. The van der Waals surface area contributed by atoms with Crippen molar-refractivity contribution in [2.75, 3.05) is 19.0 Å². The summed E-state index contributed by atoms with van der Waals surface area (Å²) in [6, 6.07) is 4.25. The molecule has 3 aliphatic rings. The normalized spacial score (nSPS) is 24.6. The topological polar surface area (TPSA) is 134 Å². The standard InChI is InChI=1S/C24H30N4O6/c1-25-19(29)6-3-13-34-15-9-7-14(8-10-15)26-17-5-2-4-16-21(17)24(33)28(23(16)32)18-11-12-20(30)27-22(18)31/h2,4-5,14-15,18,26H,3,6-13H2,1H3,(H,25,29)(H,27,30,31). The molecular formula is C24H30N4O6. The molecule has 0 bridgehead atoms. The van der Waals surface area contributed by atoms with Crippen LogP contribution in [0.5, 0.6) is 0 Å². The Hall–Kier alpha value is -3.27. The molecule has 10 nitrogen and oxygen atoms in total. The molecule has 2 fully saturated rings. The molecule has 182 valence electrons.